The smallest absolute Gasteiger partial charge is 0.381 e. The summed E-state index contributed by atoms with van der Waals surface area (Å²) in [5.74, 6) is 0. The van der Waals surface area contributed by atoms with Gasteiger partial charge in [0.25, 0.3) is 0 Å². The zero-order valence-electron chi connectivity index (χ0n) is 8.91. The first-order chi connectivity index (χ1) is 7.84. The lowest BCUT2D eigenvalue weighted by molar-refractivity contribution is -0.136. The summed E-state index contributed by atoms with van der Waals surface area (Å²) in [7, 11) is 0. The molecule has 1 aromatic rings. The summed E-state index contributed by atoms with van der Waals surface area (Å²) in [4.78, 5) is 0. The van der Waals surface area contributed by atoms with Gasteiger partial charge >= 0.3 is 6.18 Å². The van der Waals surface area contributed by atoms with Crippen LogP contribution in [0.25, 0.3) is 0 Å². The molecule has 0 unspecified atom stereocenters. The van der Waals surface area contributed by atoms with Gasteiger partial charge in [-0.3, -0.25) is 0 Å². The van der Waals surface area contributed by atoms with Crippen molar-refractivity contribution in [1.82, 2.24) is 0 Å². The fourth-order valence-electron chi connectivity index (χ4n) is 1.18. The molecule has 0 saturated heterocycles. The van der Waals surface area contributed by atoms with Gasteiger partial charge in [-0.25, -0.2) is 0 Å². The van der Waals surface area contributed by atoms with Crippen molar-refractivity contribution in [3.8, 4) is 0 Å². The van der Waals surface area contributed by atoms with E-state index in [0.29, 0.717) is 0 Å². The highest BCUT2D eigenvalue weighted by Crippen LogP contribution is 2.36. The zero-order valence-corrected chi connectivity index (χ0v) is 10.4. The standard InChI is InChI=1S/C11H10Cl2F3N/c1-7(5-12)6-17-10-3-2-8(13)4-9(10)11(14,15)16/h2-5,17H,6H2,1H3/b7-5-. The molecule has 0 atom stereocenters. The number of rotatable bonds is 3. The maximum absolute atomic E-state index is 12.7. The molecule has 0 aliphatic heterocycles. The molecule has 1 nitrogen and oxygen atoms in total. The van der Waals surface area contributed by atoms with E-state index in [1.807, 2.05) is 0 Å². The highest BCUT2D eigenvalue weighted by molar-refractivity contribution is 6.30. The molecule has 0 heterocycles. The van der Waals surface area contributed by atoms with Gasteiger partial charge in [-0.2, -0.15) is 13.2 Å². The summed E-state index contributed by atoms with van der Waals surface area (Å²) >= 11 is 11.0. The molecule has 0 fully saturated rings. The third kappa shape index (κ3) is 4.13. The van der Waals surface area contributed by atoms with Crippen LogP contribution >= 0.6 is 23.2 Å². The van der Waals surface area contributed by atoms with Crippen LogP contribution in [0, 0.1) is 0 Å². The van der Waals surface area contributed by atoms with Gasteiger partial charge in [0, 0.05) is 22.8 Å². The van der Waals surface area contributed by atoms with Crippen molar-refractivity contribution in [1.29, 1.82) is 0 Å². The van der Waals surface area contributed by atoms with Gasteiger partial charge in [-0.15, -0.1) is 0 Å². The van der Waals surface area contributed by atoms with Crippen LogP contribution in [0.15, 0.2) is 29.3 Å². The van der Waals surface area contributed by atoms with Gasteiger partial charge in [0.05, 0.1) is 5.56 Å². The Morgan fingerprint density at radius 2 is 2.06 bits per heavy atom. The first-order valence-electron chi connectivity index (χ1n) is 4.71. The van der Waals surface area contributed by atoms with Gasteiger partial charge in [0.1, 0.15) is 0 Å². The molecule has 1 N–H and O–H groups in total. The molecule has 0 bridgehead atoms. The summed E-state index contributed by atoms with van der Waals surface area (Å²) in [6.45, 7) is 1.96. The Morgan fingerprint density at radius 3 is 2.59 bits per heavy atom. The second kappa shape index (κ2) is 5.65. The largest absolute Gasteiger partial charge is 0.418 e. The molecular weight excluding hydrogens is 274 g/mol. The number of hydrogen-bond donors (Lipinski definition) is 1. The molecule has 1 aromatic carbocycles. The molecule has 6 heteroatoms. The Balaban J connectivity index is 2.99. The van der Waals surface area contributed by atoms with Gasteiger partial charge in [0.15, 0.2) is 0 Å². The SMILES string of the molecule is C/C(=C/Cl)CNc1ccc(Cl)cc1C(F)(F)F. The molecule has 0 saturated carbocycles. The first kappa shape index (κ1) is 14.2. The fraction of sp³-hybridized carbons (Fsp3) is 0.273. The van der Waals surface area contributed by atoms with E-state index in [-0.39, 0.29) is 17.3 Å². The van der Waals surface area contributed by atoms with Crippen molar-refractivity contribution in [3.63, 3.8) is 0 Å². The van der Waals surface area contributed by atoms with Crippen LogP contribution in [0.1, 0.15) is 12.5 Å². The summed E-state index contributed by atoms with van der Waals surface area (Å²) < 4.78 is 38.1. The Kier molecular flexibility index (Phi) is 4.71. The van der Waals surface area contributed by atoms with Gasteiger partial charge in [-0.05, 0) is 30.7 Å². The number of hydrogen-bond acceptors (Lipinski definition) is 1. The monoisotopic (exact) mass is 283 g/mol. The Morgan fingerprint density at radius 1 is 1.41 bits per heavy atom. The molecule has 0 aliphatic carbocycles. The second-order valence-electron chi connectivity index (χ2n) is 3.50. The molecule has 1 rings (SSSR count). The van der Waals surface area contributed by atoms with Crippen molar-refractivity contribution in [2.45, 2.75) is 13.1 Å². The van der Waals surface area contributed by atoms with Crippen LogP contribution in [-0.2, 0) is 6.18 Å². The predicted octanol–water partition coefficient (Wildman–Crippen LogP) is 4.91. The fourth-order valence-corrected chi connectivity index (χ4v) is 1.43. The third-order valence-corrected chi connectivity index (χ3v) is 2.64. The molecule has 0 aromatic heterocycles. The van der Waals surface area contributed by atoms with Crippen molar-refractivity contribution < 1.29 is 13.2 Å². The highest BCUT2D eigenvalue weighted by atomic mass is 35.5. The molecular formula is C11H10Cl2F3N. The van der Waals surface area contributed by atoms with Crippen molar-refractivity contribution in [3.05, 3.63) is 39.9 Å². The van der Waals surface area contributed by atoms with Crippen LogP contribution in [0.5, 0.6) is 0 Å². The van der Waals surface area contributed by atoms with Crippen LogP contribution in [0.2, 0.25) is 5.02 Å². The Hall–Kier alpha value is -0.870. The van der Waals surface area contributed by atoms with Gasteiger partial charge < -0.3 is 5.32 Å². The minimum Gasteiger partial charge on any atom is -0.381 e. The molecule has 0 radical (unpaired) electrons. The van der Waals surface area contributed by atoms with Crippen molar-refractivity contribution in [2.24, 2.45) is 0 Å². The Bertz CT molecular complexity index is 427. The number of alkyl halides is 3. The lowest BCUT2D eigenvalue weighted by atomic mass is 10.1. The quantitative estimate of drug-likeness (QED) is 0.831. The zero-order chi connectivity index (χ0) is 13.1. The van der Waals surface area contributed by atoms with Crippen LogP contribution in [0.4, 0.5) is 18.9 Å². The number of benzene rings is 1. The van der Waals surface area contributed by atoms with Gasteiger partial charge in [-0.1, -0.05) is 23.2 Å². The van der Waals surface area contributed by atoms with E-state index in [1.165, 1.54) is 17.7 Å². The summed E-state index contributed by atoms with van der Waals surface area (Å²) in [5.41, 5.74) is 1.25. The van der Waals surface area contributed by atoms with Crippen molar-refractivity contribution in [2.75, 3.05) is 11.9 Å². The maximum Gasteiger partial charge on any atom is 0.418 e. The van der Waals surface area contributed by atoms with Crippen molar-refractivity contribution >= 4 is 28.9 Å². The van der Waals surface area contributed by atoms with E-state index in [9.17, 15) is 13.2 Å². The minimum atomic E-state index is -4.44. The molecule has 94 valence electrons. The number of anilines is 1. The number of halogens is 5. The highest BCUT2D eigenvalue weighted by Gasteiger charge is 2.33. The van der Waals surface area contributed by atoms with E-state index in [1.54, 1.807) is 6.92 Å². The minimum absolute atomic E-state index is 0.0141. The average molecular weight is 284 g/mol. The average Bonchev–Trinajstić information content (AvgIpc) is 2.25. The lowest BCUT2D eigenvalue weighted by Crippen LogP contribution is -2.12. The van der Waals surface area contributed by atoms with E-state index >= 15 is 0 Å². The summed E-state index contributed by atoms with van der Waals surface area (Å²) in [6, 6.07) is 3.59. The molecule has 17 heavy (non-hydrogen) atoms. The maximum atomic E-state index is 12.7. The third-order valence-electron chi connectivity index (χ3n) is 2.03. The summed E-state index contributed by atoms with van der Waals surface area (Å²) in [5, 5.41) is 2.71. The molecule has 0 aliphatic rings. The topological polar surface area (TPSA) is 12.0 Å². The van der Waals surface area contributed by atoms with E-state index in [2.05, 4.69) is 5.32 Å². The van der Waals surface area contributed by atoms with Crippen LogP contribution in [-0.4, -0.2) is 6.54 Å². The molecule has 0 amide bonds. The lowest BCUT2D eigenvalue weighted by Gasteiger charge is -2.14. The van der Waals surface area contributed by atoms with Crippen LogP contribution in [0.3, 0.4) is 0 Å². The second-order valence-corrected chi connectivity index (χ2v) is 4.15. The number of nitrogens with one attached hydrogen (secondary N) is 1. The van der Waals surface area contributed by atoms with E-state index in [0.717, 1.165) is 11.6 Å². The molecule has 0 spiro atoms. The predicted molar refractivity (Wildman–Crippen MR) is 64.6 cm³/mol. The van der Waals surface area contributed by atoms with Gasteiger partial charge in [0.2, 0.25) is 0 Å². The van der Waals surface area contributed by atoms with E-state index < -0.39 is 11.7 Å². The summed E-state index contributed by atoms with van der Waals surface area (Å²) in [6.07, 6.45) is -4.44. The first-order valence-corrected chi connectivity index (χ1v) is 5.52. The normalized spacial score (nSPS) is 12.7. The van der Waals surface area contributed by atoms with Crippen LogP contribution < -0.4 is 5.32 Å². The Labute approximate surface area is 107 Å². The van der Waals surface area contributed by atoms with E-state index in [4.69, 9.17) is 23.2 Å².